The van der Waals surface area contributed by atoms with Gasteiger partial charge >= 0.3 is 0 Å². The zero-order chi connectivity index (χ0) is 16.5. The fraction of sp³-hybridized carbons (Fsp3) is 0. The summed E-state index contributed by atoms with van der Waals surface area (Å²) in [7, 11) is 0. The van der Waals surface area contributed by atoms with Gasteiger partial charge in [0.25, 0.3) is 0 Å². The number of fused-ring (bicyclic) bond motifs is 1. The van der Waals surface area contributed by atoms with E-state index in [9.17, 15) is 9.90 Å². The predicted molar refractivity (Wildman–Crippen MR) is 96.6 cm³/mol. The maximum absolute atomic E-state index is 12.6. The van der Waals surface area contributed by atoms with Crippen molar-refractivity contribution in [1.82, 2.24) is 4.57 Å². The first kappa shape index (κ1) is 14.3. The average molecular weight is 313 g/mol. The van der Waals surface area contributed by atoms with E-state index in [1.54, 1.807) is 18.2 Å². The maximum Gasteiger partial charge on any atom is 0.190 e. The van der Waals surface area contributed by atoms with Crippen molar-refractivity contribution in [3.05, 3.63) is 95.2 Å². The number of hydrogen-bond donors (Lipinski definition) is 1. The van der Waals surface area contributed by atoms with Crippen LogP contribution in [0.5, 0.6) is 5.75 Å². The Kier molecular flexibility index (Phi) is 3.39. The van der Waals surface area contributed by atoms with E-state index in [0.29, 0.717) is 5.39 Å². The van der Waals surface area contributed by atoms with Crippen LogP contribution in [0.15, 0.2) is 89.7 Å². The summed E-state index contributed by atoms with van der Waals surface area (Å²) in [6.45, 7) is 0. The van der Waals surface area contributed by atoms with Crippen molar-refractivity contribution in [2.24, 2.45) is 0 Å². The molecular formula is C21H15NO2. The van der Waals surface area contributed by atoms with Crippen LogP contribution in [-0.2, 0) is 0 Å². The van der Waals surface area contributed by atoms with Gasteiger partial charge in [0.15, 0.2) is 5.43 Å². The second-order valence-corrected chi connectivity index (χ2v) is 5.63. The van der Waals surface area contributed by atoms with Crippen molar-refractivity contribution in [2.45, 2.75) is 0 Å². The molecule has 3 nitrogen and oxygen atoms in total. The van der Waals surface area contributed by atoms with Crippen molar-refractivity contribution in [3.8, 4) is 22.7 Å². The number of phenols is 1. The number of para-hydroxylation sites is 1. The van der Waals surface area contributed by atoms with E-state index in [4.69, 9.17) is 0 Å². The molecule has 1 N–H and O–H groups in total. The lowest BCUT2D eigenvalue weighted by atomic mass is 10.1. The van der Waals surface area contributed by atoms with Crippen LogP contribution < -0.4 is 5.43 Å². The summed E-state index contributed by atoms with van der Waals surface area (Å²) in [4.78, 5) is 12.6. The molecule has 0 atom stereocenters. The molecule has 0 unspecified atom stereocenters. The van der Waals surface area contributed by atoms with Gasteiger partial charge in [-0.1, -0.05) is 42.5 Å². The standard InChI is InChI=1S/C21H15NO2/c23-17-12-10-16(11-13-17)22-19-9-5-4-8-18(19)21(24)14-20(22)15-6-2-1-3-7-15/h1-14,23H. The first-order chi connectivity index (χ1) is 11.7. The minimum absolute atomic E-state index is 0.000480. The summed E-state index contributed by atoms with van der Waals surface area (Å²) in [6, 6.07) is 26.1. The number of phenolic OH excluding ortho intramolecular Hbond substituents is 1. The van der Waals surface area contributed by atoms with Crippen molar-refractivity contribution >= 4 is 10.9 Å². The molecule has 4 aromatic rings. The van der Waals surface area contributed by atoms with E-state index >= 15 is 0 Å². The normalized spacial score (nSPS) is 10.8. The fourth-order valence-corrected chi connectivity index (χ4v) is 2.97. The topological polar surface area (TPSA) is 42.2 Å². The Morgan fingerprint density at radius 3 is 2.17 bits per heavy atom. The average Bonchev–Trinajstić information content (AvgIpc) is 2.63. The molecule has 0 bridgehead atoms. The summed E-state index contributed by atoms with van der Waals surface area (Å²) in [5.41, 5.74) is 3.52. The quantitative estimate of drug-likeness (QED) is 0.597. The number of hydrogen-bond acceptors (Lipinski definition) is 2. The van der Waals surface area contributed by atoms with Gasteiger partial charge in [-0.3, -0.25) is 4.79 Å². The van der Waals surface area contributed by atoms with E-state index in [1.807, 2.05) is 71.3 Å². The first-order valence-corrected chi connectivity index (χ1v) is 7.74. The third kappa shape index (κ3) is 2.36. The smallest absolute Gasteiger partial charge is 0.190 e. The molecule has 116 valence electrons. The molecule has 0 aliphatic carbocycles. The SMILES string of the molecule is O=c1cc(-c2ccccc2)n(-c2ccc(O)cc2)c2ccccc12. The third-order valence-electron chi connectivity index (χ3n) is 4.10. The van der Waals surface area contributed by atoms with Crippen LogP contribution in [0, 0.1) is 0 Å². The molecule has 1 heterocycles. The molecule has 1 aromatic heterocycles. The second kappa shape index (κ2) is 5.70. The largest absolute Gasteiger partial charge is 0.508 e. The zero-order valence-electron chi connectivity index (χ0n) is 12.9. The van der Waals surface area contributed by atoms with Gasteiger partial charge in [-0.2, -0.15) is 0 Å². The minimum atomic E-state index is -0.000480. The Bertz CT molecular complexity index is 1060. The Morgan fingerprint density at radius 2 is 1.42 bits per heavy atom. The van der Waals surface area contributed by atoms with Gasteiger partial charge in [-0.15, -0.1) is 0 Å². The highest BCUT2D eigenvalue weighted by Crippen LogP contribution is 2.27. The highest BCUT2D eigenvalue weighted by Gasteiger charge is 2.12. The van der Waals surface area contributed by atoms with Gasteiger partial charge in [-0.25, -0.2) is 0 Å². The Morgan fingerprint density at radius 1 is 0.750 bits per heavy atom. The van der Waals surface area contributed by atoms with Gasteiger partial charge in [0.1, 0.15) is 5.75 Å². The molecule has 0 spiro atoms. The first-order valence-electron chi connectivity index (χ1n) is 7.74. The van der Waals surface area contributed by atoms with Gasteiger partial charge in [0.05, 0.1) is 11.2 Å². The van der Waals surface area contributed by atoms with Crippen LogP contribution in [0.1, 0.15) is 0 Å². The van der Waals surface area contributed by atoms with Crippen molar-refractivity contribution in [3.63, 3.8) is 0 Å². The van der Waals surface area contributed by atoms with E-state index in [2.05, 4.69) is 0 Å². The van der Waals surface area contributed by atoms with Crippen molar-refractivity contribution in [1.29, 1.82) is 0 Å². The summed E-state index contributed by atoms with van der Waals surface area (Å²) >= 11 is 0. The molecule has 3 aromatic carbocycles. The number of nitrogens with zero attached hydrogens (tertiary/aromatic N) is 1. The van der Waals surface area contributed by atoms with Crippen LogP contribution in [0.2, 0.25) is 0 Å². The molecule has 3 heteroatoms. The van der Waals surface area contributed by atoms with Crippen LogP contribution in [0.3, 0.4) is 0 Å². The van der Waals surface area contributed by atoms with Gasteiger partial charge < -0.3 is 9.67 Å². The Labute approximate surface area is 139 Å². The third-order valence-corrected chi connectivity index (χ3v) is 4.10. The number of aromatic nitrogens is 1. The van der Waals surface area contributed by atoms with Gasteiger partial charge in [0, 0.05) is 17.1 Å². The number of pyridine rings is 1. The van der Waals surface area contributed by atoms with Crippen molar-refractivity contribution in [2.75, 3.05) is 0 Å². The Hall–Kier alpha value is -3.33. The van der Waals surface area contributed by atoms with E-state index in [1.165, 1.54) is 0 Å². The van der Waals surface area contributed by atoms with Crippen LogP contribution >= 0.6 is 0 Å². The van der Waals surface area contributed by atoms with Gasteiger partial charge in [-0.05, 0) is 42.0 Å². The molecule has 0 saturated heterocycles. The lowest BCUT2D eigenvalue weighted by Gasteiger charge is -2.17. The molecular weight excluding hydrogens is 298 g/mol. The number of aromatic hydroxyl groups is 1. The van der Waals surface area contributed by atoms with E-state index in [0.717, 1.165) is 22.5 Å². The molecule has 0 fully saturated rings. The number of benzene rings is 3. The minimum Gasteiger partial charge on any atom is -0.508 e. The number of rotatable bonds is 2. The molecule has 0 aliphatic rings. The molecule has 0 amide bonds. The van der Waals surface area contributed by atoms with Crippen molar-refractivity contribution < 1.29 is 5.11 Å². The summed E-state index contributed by atoms with van der Waals surface area (Å²) in [5.74, 6) is 0.213. The van der Waals surface area contributed by atoms with Crippen LogP contribution in [0.4, 0.5) is 0 Å². The lowest BCUT2D eigenvalue weighted by molar-refractivity contribution is 0.475. The fourth-order valence-electron chi connectivity index (χ4n) is 2.97. The summed E-state index contributed by atoms with van der Waals surface area (Å²) in [6.07, 6.45) is 0. The second-order valence-electron chi connectivity index (χ2n) is 5.63. The predicted octanol–water partition coefficient (Wildman–Crippen LogP) is 4.36. The lowest BCUT2D eigenvalue weighted by Crippen LogP contribution is -2.10. The molecule has 0 aliphatic heterocycles. The van der Waals surface area contributed by atoms with Gasteiger partial charge in [0.2, 0.25) is 0 Å². The highest BCUT2D eigenvalue weighted by molar-refractivity contribution is 5.84. The van der Waals surface area contributed by atoms with E-state index in [-0.39, 0.29) is 11.2 Å². The maximum atomic E-state index is 12.6. The highest BCUT2D eigenvalue weighted by atomic mass is 16.3. The zero-order valence-corrected chi connectivity index (χ0v) is 12.9. The molecule has 24 heavy (non-hydrogen) atoms. The van der Waals surface area contributed by atoms with Crippen LogP contribution in [0.25, 0.3) is 27.8 Å². The van der Waals surface area contributed by atoms with E-state index < -0.39 is 0 Å². The van der Waals surface area contributed by atoms with Crippen LogP contribution in [-0.4, -0.2) is 9.67 Å². The Balaban J connectivity index is 2.13. The summed E-state index contributed by atoms with van der Waals surface area (Å²) < 4.78 is 2.05. The monoisotopic (exact) mass is 313 g/mol. The summed E-state index contributed by atoms with van der Waals surface area (Å²) in [5, 5.41) is 10.3. The molecule has 4 rings (SSSR count). The molecule has 0 saturated carbocycles. The molecule has 0 radical (unpaired) electrons.